The van der Waals surface area contributed by atoms with Gasteiger partial charge < -0.3 is 4.90 Å². The molecule has 4 nitrogen and oxygen atoms in total. The molecule has 2 atom stereocenters. The molecular formula is C16H19N3O. The Balaban J connectivity index is 1.90. The first-order valence-electron chi connectivity index (χ1n) is 7.19. The van der Waals surface area contributed by atoms with Crippen molar-refractivity contribution in [2.45, 2.75) is 31.3 Å². The second-order valence-corrected chi connectivity index (χ2v) is 5.79. The van der Waals surface area contributed by atoms with E-state index < -0.39 is 0 Å². The Morgan fingerprint density at radius 3 is 2.85 bits per heavy atom. The molecule has 2 heterocycles. The molecule has 2 saturated heterocycles. The van der Waals surface area contributed by atoms with Crippen LogP contribution in [0.25, 0.3) is 0 Å². The van der Waals surface area contributed by atoms with Crippen molar-refractivity contribution in [2.24, 2.45) is 0 Å². The van der Waals surface area contributed by atoms with Crippen LogP contribution in [0.15, 0.2) is 18.2 Å². The Labute approximate surface area is 119 Å². The summed E-state index contributed by atoms with van der Waals surface area (Å²) in [5.41, 5.74) is 2.15. The van der Waals surface area contributed by atoms with E-state index in [9.17, 15) is 10.1 Å². The average Bonchev–Trinajstić information content (AvgIpc) is 2.72. The van der Waals surface area contributed by atoms with E-state index in [0.717, 1.165) is 31.5 Å². The maximum absolute atomic E-state index is 10.8. The Bertz CT molecular complexity index is 563. The fraction of sp³-hybridized carbons (Fsp3) is 0.500. The molecular weight excluding hydrogens is 250 g/mol. The lowest BCUT2D eigenvalue weighted by atomic mass is 10.1. The number of nitrogens with zero attached hydrogens (tertiary/aromatic N) is 3. The summed E-state index contributed by atoms with van der Waals surface area (Å²) in [6, 6.07) is 8.91. The Kier molecular flexibility index (Phi) is 3.45. The number of benzene rings is 1. The number of carbonyl (C=O) groups is 1. The molecule has 0 amide bonds. The van der Waals surface area contributed by atoms with Crippen molar-refractivity contribution in [3.8, 4) is 6.07 Å². The van der Waals surface area contributed by atoms with Gasteiger partial charge in [0.15, 0.2) is 0 Å². The minimum Gasteiger partial charge on any atom is -0.369 e. The van der Waals surface area contributed by atoms with E-state index in [1.807, 2.05) is 6.07 Å². The SMILES string of the molecule is CN1C2CCC1CN(c1ccc(C=O)cc1C#N)CC2. The molecule has 3 rings (SSSR count). The van der Waals surface area contributed by atoms with E-state index in [0.29, 0.717) is 23.2 Å². The van der Waals surface area contributed by atoms with Gasteiger partial charge >= 0.3 is 0 Å². The van der Waals surface area contributed by atoms with Crippen molar-refractivity contribution in [3.63, 3.8) is 0 Å². The minimum atomic E-state index is 0.568. The smallest absolute Gasteiger partial charge is 0.150 e. The van der Waals surface area contributed by atoms with Crippen molar-refractivity contribution in [1.82, 2.24) is 4.90 Å². The van der Waals surface area contributed by atoms with Crippen LogP contribution in [0.2, 0.25) is 0 Å². The number of hydrogen-bond donors (Lipinski definition) is 0. The van der Waals surface area contributed by atoms with Gasteiger partial charge in [-0.3, -0.25) is 9.69 Å². The number of hydrogen-bond acceptors (Lipinski definition) is 4. The second kappa shape index (κ2) is 5.26. The van der Waals surface area contributed by atoms with E-state index in [1.165, 1.54) is 12.8 Å². The van der Waals surface area contributed by atoms with Gasteiger partial charge in [-0.25, -0.2) is 0 Å². The van der Waals surface area contributed by atoms with Crippen molar-refractivity contribution in [3.05, 3.63) is 29.3 Å². The summed E-state index contributed by atoms with van der Waals surface area (Å²) in [5, 5.41) is 9.32. The summed E-state index contributed by atoms with van der Waals surface area (Å²) in [6.07, 6.45) is 4.48. The van der Waals surface area contributed by atoms with E-state index in [-0.39, 0.29) is 0 Å². The Hall–Kier alpha value is -1.86. The van der Waals surface area contributed by atoms with Crippen LogP contribution in [0.4, 0.5) is 5.69 Å². The molecule has 0 spiro atoms. The molecule has 1 aromatic rings. The van der Waals surface area contributed by atoms with Gasteiger partial charge in [-0.2, -0.15) is 5.26 Å². The van der Waals surface area contributed by atoms with Crippen molar-refractivity contribution in [1.29, 1.82) is 5.26 Å². The predicted molar refractivity (Wildman–Crippen MR) is 77.9 cm³/mol. The van der Waals surface area contributed by atoms with Crippen LogP contribution in [-0.2, 0) is 0 Å². The quantitative estimate of drug-likeness (QED) is 0.771. The molecule has 0 radical (unpaired) electrons. The molecule has 2 aliphatic heterocycles. The van der Waals surface area contributed by atoms with Gasteiger partial charge in [0.1, 0.15) is 12.4 Å². The third-order valence-electron chi connectivity index (χ3n) is 4.77. The third-order valence-corrected chi connectivity index (χ3v) is 4.77. The monoisotopic (exact) mass is 269 g/mol. The number of nitriles is 1. The lowest BCUT2D eigenvalue weighted by Gasteiger charge is -2.28. The molecule has 2 aliphatic rings. The predicted octanol–water partition coefficient (Wildman–Crippen LogP) is 2.04. The summed E-state index contributed by atoms with van der Waals surface area (Å²) in [5.74, 6) is 0. The fourth-order valence-corrected chi connectivity index (χ4v) is 3.52. The van der Waals surface area contributed by atoms with Gasteiger partial charge in [-0.05, 0) is 44.5 Å². The second-order valence-electron chi connectivity index (χ2n) is 5.79. The fourth-order valence-electron chi connectivity index (χ4n) is 3.52. The zero-order valence-corrected chi connectivity index (χ0v) is 11.7. The largest absolute Gasteiger partial charge is 0.369 e. The lowest BCUT2D eigenvalue weighted by molar-refractivity contribution is 0.112. The van der Waals surface area contributed by atoms with E-state index in [1.54, 1.807) is 12.1 Å². The summed E-state index contributed by atoms with van der Waals surface area (Å²) in [6.45, 7) is 1.96. The number of carbonyl (C=O) groups excluding carboxylic acids is 1. The molecule has 2 fully saturated rings. The van der Waals surface area contributed by atoms with Gasteiger partial charge in [-0.15, -0.1) is 0 Å². The van der Waals surface area contributed by atoms with Crippen LogP contribution in [-0.4, -0.2) is 43.4 Å². The van der Waals surface area contributed by atoms with Crippen LogP contribution in [0.3, 0.4) is 0 Å². The first-order chi connectivity index (χ1) is 9.72. The first kappa shape index (κ1) is 13.1. The zero-order chi connectivity index (χ0) is 14.1. The lowest BCUT2D eigenvalue weighted by Crippen LogP contribution is -2.36. The van der Waals surface area contributed by atoms with Gasteiger partial charge in [-0.1, -0.05) is 0 Å². The highest BCUT2D eigenvalue weighted by molar-refractivity contribution is 5.78. The van der Waals surface area contributed by atoms with Crippen LogP contribution < -0.4 is 4.90 Å². The number of likely N-dealkylation sites (N-methyl/N-ethyl adjacent to an activating group) is 1. The van der Waals surface area contributed by atoms with Gasteiger partial charge in [0, 0.05) is 30.7 Å². The molecule has 1 aromatic carbocycles. The minimum absolute atomic E-state index is 0.568. The molecule has 0 saturated carbocycles. The summed E-state index contributed by atoms with van der Waals surface area (Å²) in [4.78, 5) is 15.6. The highest BCUT2D eigenvalue weighted by atomic mass is 16.1. The highest BCUT2D eigenvalue weighted by Crippen LogP contribution is 2.32. The van der Waals surface area contributed by atoms with Crippen LogP contribution in [0.5, 0.6) is 0 Å². The molecule has 0 aliphatic carbocycles. The molecule has 0 aromatic heterocycles. The van der Waals surface area contributed by atoms with E-state index >= 15 is 0 Å². The van der Waals surface area contributed by atoms with E-state index in [4.69, 9.17) is 0 Å². The number of aldehydes is 1. The number of anilines is 1. The third kappa shape index (κ3) is 2.19. The Morgan fingerprint density at radius 1 is 1.30 bits per heavy atom. The topological polar surface area (TPSA) is 47.3 Å². The van der Waals surface area contributed by atoms with Crippen LogP contribution in [0.1, 0.15) is 35.2 Å². The molecule has 0 N–H and O–H groups in total. The molecule has 104 valence electrons. The molecule has 2 bridgehead atoms. The normalized spacial score (nSPS) is 26.1. The summed E-state index contributed by atoms with van der Waals surface area (Å²) >= 11 is 0. The number of fused-ring (bicyclic) bond motifs is 2. The molecule has 2 unspecified atom stereocenters. The molecule has 4 heteroatoms. The number of rotatable bonds is 2. The van der Waals surface area contributed by atoms with Gasteiger partial charge in [0.2, 0.25) is 0 Å². The van der Waals surface area contributed by atoms with E-state index in [2.05, 4.69) is 22.9 Å². The zero-order valence-electron chi connectivity index (χ0n) is 11.7. The molecule has 20 heavy (non-hydrogen) atoms. The van der Waals surface area contributed by atoms with Crippen LogP contribution >= 0.6 is 0 Å². The maximum atomic E-state index is 10.8. The Morgan fingerprint density at radius 2 is 2.10 bits per heavy atom. The average molecular weight is 269 g/mol. The van der Waals surface area contributed by atoms with Gasteiger partial charge in [0.25, 0.3) is 0 Å². The summed E-state index contributed by atoms with van der Waals surface area (Å²) < 4.78 is 0. The van der Waals surface area contributed by atoms with Crippen molar-refractivity contribution < 1.29 is 4.79 Å². The standard InChI is InChI=1S/C16H19N3O/c1-18-14-3-4-15(18)10-19(7-6-14)16-5-2-12(11-20)8-13(16)9-17/h2,5,8,11,14-15H,3-4,6-7,10H2,1H3. The van der Waals surface area contributed by atoms with Crippen LogP contribution in [0, 0.1) is 11.3 Å². The van der Waals surface area contributed by atoms with Crippen molar-refractivity contribution in [2.75, 3.05) is 25.0 Å². The maximum Gasteiger partial charge on any atom is 0.150 e. The van der Waals surface area contributed by atoms with Gasteiger partial charge in [0.05, 0.1) is 11.3 Å². The highest BCUT2D eigenvalue weighted by Gasteiger charge is 2.35. The first-order valence-corrected chi connectivity index (χ1v) is 7.19. The van der Waals surface area contributed by atoms with Crippen molar-refractivity contribution >= 4 is 12.0 Å². The summed E-state index contributed by atoms with van der Waals surface area (Å²) in [7, 11) is 2.21.